The maximum atomic E-state index is 12.7. The van der Waals surface area contributed by atoms with Gasteiger partial charge in [-0.3, -0.25) is 14.9 Å². The number of nitrogens with zero attached hydrogens (tertiary/aromatic N) is 1. The van der Waals surface area contributed by atoms with Crippen LogP contribution in [0.15, 0.2) is 83.8 Å². The Morgan fingerprint density at radius 1 is 1.00 bits per heavy atom. The molecule has 0 saturated heterocycles. The van der Waals surface area contributed by atoms with Gasteiger partial charge >= 0.3 is 0 Å². The largest absolute Gasteiger partial charge is 0.325 e. The molecule has 3 aromatic rings. The second-order valence-corrected chi connectivity index (χ2v) is 7.73. The summed E-state index contributed by atoms with van der Waals surface area (Å²) in [5.74, 6) is -0.108. The molecule has 1 N–H and O–H groups in total. The van der Waals surface area contributed by atoms with Crippen molar-refractivity contribution in [2.45, 2.75) is 23.5 Å². The molecular weight excluding hydrogens is 372 g/mol. The number of anilines is 1. The van der Waals surface area contributed by atoms with Gasteiger partial charge in [-0.05, 0) is 42.7 Å². The summed E-state index contributed by atoms with van der Waals surface area (Å²) in [5.41, 5.74) is 3.07. The number of carbonyl (C=O) groups excluding carboxylic acids is 1. The molecule has 0 aromatic heterocycles. The number of rotatable bonds is 7. The van der Waals surface area contributed by atoms with Crippen LogP contribution >= 0.6 is 11.8 Å². The third kappa shape index (κ3) is 5.20. The highest BCUT2D eigenvalue weighted by Gasteiger charge is 2.16. The molecule has 0 fully saturated rings. The summed E-state index contributed by atoms with van der Waals surface area (Å²) in [6, 6.07) is 24.1. The third-order valence-corrected chi connectivity index (χ3v) is 5.35. The van der Waals surface area contributed by atoms with E-state index in [0.717, 1.165) is 22.6 Å². The number of non-ortho nitro benzene ring substituents is 1. The molecule has 0 heterocycles. The number of nitro groups is 1. The lowest BCUT2D eigenvalue weighted by molar-refractivity contribution is -0.384. The molecule has 0 bridgehead atoms. The van der Waals surface area contributed by atoms with Crippen LogP contribution in [0, 0.1) is 10.1 Å². The van der Waals surface area contributed by atoms with E-state index in [0.29, 0.717) is 0 Å². The van der Waals surface area contributed by atoms with E-state index in [-0.39, 0.29) is 16.8 Å². The highest BCUT2D eigenvalue weighted by Crippen LogP contribution is 2.27. The van der Waals surface area contributed by atoms with E-state index >= 15 is 0 Å². The summed E-state index contributed by atoms with van der Waals surface area (Å²) >= 11 is 1.37. The van der Waals surface area contributed by atoms with Gasteiger partial charge in [0.25, 0.3) is 5.69 Å². The Labute approximate surface area is 167 Å². The van der Waals surface area contributed by atoms with Crippen LogP contribution in [-0.4, -0.2) is 16.1 Å². The fourth-order valence-electron chi connectivity index (χ4n) is 2.75. The molecule has 0 aliphatic carbocycles. The van der Waals surface area contributed by atoms with E-state index in [1.807, 2.05) is 49.4 Å². The third-order valence-electron chi connectivity index (χ3n) is 4.24. The highest BCUT2D eigenvalue weighted by molar-refractivity contribution is 8.00. The Balaban J connectivity index is 1.66. The number of thioether (sulfide) groups is 1. The van der Waals surface area contributed by atoms with Crippen LogP contribution in [0.2, 0.25) is 0 Å². The van der Waals surface area contributed by atoms with Crippen molar-refractivity contribution >= 4 is 29.0 Å². The lowest BCUT2D eigenvalue weighted by Gasteiger charge is -2.15. The van der Waals surface area contributed by atoms with Crippen LogP contribution in [-0.2, 0) is 11.2 Å². The number of nitro benzene ring substituents is 1. The molecule has 1 amide bonds. The average Bonchev–Trinajstić information content (AvgIpc) is 2.70. The zero-order valence-corrected chi connectivity index (χ0v) is 16.2. The predicted octanol–water partition coefficient (Wildman–Crippen LogP) is 5.30. The maximum Gasteiger partial charge on any atom is 0.269 e. The predicted molar refractivity (Wildman–Crippen MR) is 113 cm³/mol. The number of hydrogen-bond donors (Lipinski definition) is 1. The monoisotopic (exact) mass is 392 g/mol. The fourth-order valence-corrected chi connectivity index (χ4v) is 3.62. The van der Waals surface area contributed by atoms with Gasteiger partial charge in [-0.2, -0.15) is 0 Å². The number of carbonyl (C=O) groups is 1. The van der Waals surface area contributed by atoms with Crippen molar-refractivity contribution in [2.75, 3.05) is 5.32 Å². The topological polar surface area (TPSA) is 72.2 Å². The minimum Gasteiger partial charge on any atom is -0.325 e. The van der Waals surface area contributed by atoms with Crippen LogP contribution in [0.1, 0.15) is 18.1 Å². The fraction of sp³-hybridized carbons (Fsp3) is 0.136. The van der Waals surface area contributed by atoms with Gasteiger partial charge in [0.05, 0.1) is 10.2 Å². The number of nitrogens with one attached hydrogen (secondary N) is 1. The molecule has 1 atom stereocenters. The first-order chi connectivity index (χ1) is 13.5. The lowest BCUT2D eigenvalue weighted by atomic mass is 10.0. The van der Waals surface area contributed by atoms with E-state index in [4.69, 9.17) is 0 Å². The first-order valence-corrected chi connectivity index (χ1v) is 9.74. The van der Waals surface area contributed by atoms with Crippen molar-refractivity contribution < 1.29 is 9.72 Å². The second kappa shape index (κ2) is 9.19. The normalized spacial score (nSPS) is 11.6. The van der Waals surface area contributed by atoms with Crippen molar-refractivity contribution in [3.8, 4) is 0 Å². The van der Waals surface area contributed by atoms with Crippen LogP contribution in [0.25, 0.3) is 0 Å². The van der Waals surface area contributed by atoms with Gasteiger partial charge in [-0.25, -0.2) is 0 Å². The summed E-state index contributed by atoms with van der Waals surface area (Å²) in [7, 11) is 0. The number of para-hydroxylation sites is 1. The number of benzene rings is 3. The van der Waals surface area contributed by atoms with Gasteiger partial charge in [-0.15, -0.1) is 11.8 Å². The molecule has 3 rings (SSSR count). The quantitative estimate of drug-likeness (QED) is 0.336. The van der Waals surface area contributed by atoms with Gasteiger partial charge < -0.3 is 5.32 Å². The molecule has 6 heteroatoms. The number of hydrogen-bond acceptors (Lipinski definition) is 4. The van der Waals surface area contributed by atoms with Crippen molar-refractivity contribution in [2.24, 2.45) is 0 Å². The van der Waals surface area contributed by atoms with Gasteiger partial charge in [-0.1, -0.05) is 48.5 Å². The molecule has 0 aliphatic rings. The molecule has 0 spiro atoms. The van der Waals surface area contributed by atoms with Crippen molar-refractivity contribution in [1.82, 2.24) is 0 Å². The minimum atomic E-state index is -0.436. The Bertz CT molecular complexity index is 959. The van der Waals surface area contributed by atoms with Crippen molar-refractivity contribution in [1.29, 1.82) is 0 Å². The molecule has 0 saturated carbocycles. The van der Waals surface area contributed by atoms with Crippen LogP contribution in [0.5, 0.6) is 0 Å². The molecule has 0 aliphatic heterocycles. The van der Waals surface area contributed by atoms with Gasteiger partial charge in [0, 0.05) is 22.7 Å². The summed E-state index contributed by atoms with van der Waals surface area (Å²) in [5, 5.41) is 13.4. The van der Waals surface area contributed by atoms with Crippen molar-refractivity contribution in [3.05, 3.63) is 100 Å². The maximum absolute atomic E-state index is 12.7. The molecule has 0 unspecified atom stereocenters. The minimum absolute atomic E-state index is 0.0382. The zero-order valence-electron chi connectivity index (χ0n) is 15.4. The van der Waals surface area contributed by atoms with Crippen molar-refractivity contribution in [3.63, 3.8) is 0 Å². The highest BCUT2D eigenvalue weighted by atomic mass is 32.2. The van der Waals surface area contributed by atoms with Gasteiger partial charge in [0.2, 0.25) is 5.91 Å². The first-order valence-electron chi connectivity index (χ1n) is 8.87. The van der Waals surface area contributed by atoms with E-state index in [1.54, 1.807) is 12.1 Å². The lowest BCUT2D eigenvalue weighted by Crippen LogP contribution is -2.23. The SMILES string of the molecule is C[C@@H](Sc1ccc([N+](=O)[O-])cc1)C(=O)Nc1ccccc1Cc1ccccc1. The average molecular weight is 392 g/mol. The number of amides is 1. The molecule has 3 aromatic carbocycles. The van der Waals surface area contributed by atoms with Crippen LogP contribution in [0.4, 0.5) is 11.4 Å². The van der Waals surface area contributed by atoms with Gasteiger partial charge in [0.15, 0.2) is 0 Å². The zero-order chi connectivity index (χ0) is 19.9. The van der Waals surface area contributed by atoms with E-state index in [1.165, 1.54) is 29.5 Å². The molecule has 28 heavy (non-hydrogen) atoms. The summed E-state index contributed by atoms with van der Waals surface area (Å²) < 4.78 is 0. The Hall–Kier alpha value is -3.12. The molecule has 0 radical (unpaired) electrons. The van der Waals surface area contributed by atoms with Gasteiger partial charge in [0.1, 0.15) is 0 Å². The van der Waals surface area contributed by atoms with Crippen LogP contribution in [0.3, 0.4) is 0 Å². The summed E-state index contributed by atoms with van der Waals surface area (Å²) in [4.78, 5) is 23.8. The second-order valence-electron chi connectivity index (χ2n) is 6.32. The molecule has 142 valence electrons. The Morgan fingerprint density at radius 2 is 1.64 bits per heavy atom. The standard InChI is InChI=1S/C22H20N2O3S/c1-16(28-20-13-11-19(12-14-20)24(26)27)22(25)23-21-10-6-5-9-18(21)15-17-7-3-2-4-8-17/h2-14,16H,15H2,1H3,(H,23,25)/t16-/m1/s1. The van der Waals surface area contributed by atoms with Crippen LogP contribution < -0.4 is 5.32 Å². The molecular formula is C22H20N2O3S. The Kier molecular flexibility index (Phi) is 6.45. The smallest absolute Gasteiger partial charge is 0.269 e. The Morgan fingerprint density at radius 3 is 2.32 bits per heavy atom. The first kappa shape index (κ1) is 19.6. The molecule has 5 nitrogen and oxygen atoms in total. The summed E-state index contributed by atoms with van der Waals surface area (Å²) in [6.07, 6.45) is 0.737. The van der Waals surface area contributed by atoms with E-state index in [2.05, 4.69) is 17.4 Å². The van der Waals surface area contributed by atoms with E-state index < -0.39 is 4.92 Å². The van der Waals surface area contributed by atoms with E-state index in [9.17, 15) is 14.9 Å². The summed E-state index contributed by atoms with van der Waals surface area (Å²) in [6.45, 7) is 1.82.